The molecule has 0 spiro atoms. The van der Waals surface area contributed by atoms with Crippen LogP contribution in [0.4, 0.5) is 10.1 Å². The molecule has 0 radical (unpaired) electrons. The maximum atomic E-state index is 13.0. The normalized spacial score (nSPS) is 15.5. The molecule has 5 heteroatoms. The van der Waals surface area contributed by atoms with Crippen molar-refractivity contribution >= 4 is 11.6 Å². The van der Waals surface area contributed by atoms with Gasteiger partial charge in [-0.3, -0.25) is 4.79 Å². The van der Waals surface area contributed by atoms with Crippen LogP contribution < -0.4 is 4.90 Å². The van der Waals surface area contributed by atoms with Gasteiger partial charge in [0.05, 0.1) is 6.26 Å². The number of anilines is 1. The predicted octanol–water partition coefficient (Wildman–Crippen LogP) is 3.09. The highest BCUT2D eigenvalue weighted by Crippen LogP contribution is 2.17. The van der Waals surface area contributed by atoms with Crippen molar-refractivity contribution < 1.29 is 13.6 Å². The molecule has 0 aliphatic carbocycles. The van der Waals surface area contributed by atoms with Crippen LogP contribution in [0.1, 0.15) is 18.6 Å². The second kappa shape index (κ2) is 7.31. The number of amides is 1. The van der Waals surface area contributed by atoms with Crippen LogP contribution in [0, 0.1) is 5.82 Å². The third-order valence-corrected chi connectivity index (χ3v) is 4.21. The quantitative estimate of drug-likeness (QED) is 0.870. The molecule has 1 fully saturated rings. The molecule has 1 amide bonds. The van der Waals surface area contributed by atoms with Gasteiger partial charge in [0.25, 0.3) is 0 Å². The molecule has 0 atom stereocenters. The molecule has 2 heterocycles. The number of carbonyl (C=O) groups excluding carboxylic acids is 1. The second-order valence-electron chi connectivity index (χ2n) is 5.78. The van der Waals surface area contributed by atoms with Crippen molar-refractivity contribution in [3.63, 3.8) is 0 Å². The van der Waals surface area contributed by atoms with Crippen molar-refractivity contribution in [2.75, 3.05) is 31.1 Å². The van der Waals surface area contributed by atoms with Gasteiger partial charge in [-0.1, -0.05) is 0 Å². The van der Waals surface area contributed by atoms with E-state index in [2.05, 4.69) is 4.90 Å². The number of rotatable bonds is 4. The molecule has 1 aromatic heterocycles. The first-order valence-corrected chi connectivity index (χ1v) is 8.03. The first kappa shape index (κ1) is 15.6. The van der Waals surface area contributed by atoms with Crippen LogP contribution in [-0.2, 0) is 11.2 Å². The largest absolute Gasteiger partial charge is 0.469 e. The molecule has 2 aromatic rings. The lowest BCUT2D eigenvalue weighted by Gasteiger charge is -2.23. The minimum atomic E-state index is -0.224. The Hall–Kier alpha value is -2.30. The van der Waals surface area contributed by atoms with Crippen LogP contribution in [-0.4, -0.2) is 37.0 Å². The Balaban J connectivity index is 1.53. The van der Waals surface area contributed by atoms with Gasteiger partial charge in [-0.05, 0) is 42.8 Å². The van der Waals surface area contributed by atoms with Crippen molar-refractivity contribution in [1.82, 2.24) is 4.90 Å². The van der Waals surface area contributed by atoms with Crippen LogP contribution in [0.15, 0.2) is 47.1 Å². The number of benzene rings is 1. The SMILES string of the molecule is O=C(CCc1ccco1)N1CCCN(c2ccc(F)cc2)CC1. The third-order valence-electron chi connectivity index (χ3n) is 4.21. The molecule has 0 unspecified atom stereocenters. The monoisotopic (exact) mass is 316 g/mol. The molecular weight excluding hydrogens is 295 g/mol. The summed E-state index contributed by atoms with van der Waals surface area (Å²) < 4.78 is 18.3. The zero-order valence-electron chi connectivity index (χ0n) is 13.1. The minimum absolute atomic E-state index is 0.169. The van der Waals surface area contributed by atoms with Gasteiger partial charge in [0.15, 0.2) is 0 Å². The van der Waals surface area contributed by atoms with E-state index < -0.39 is 0 Å². The number of halogens is 1. The summed E-state index contributed by atoms with van der Waals surface area (Å²) in [6, 6.07) is 10.3. The average molecular weight is 316 g/mol. The topological polar surface area (TPSA) is 36.7 Å². The minimum Gasteiger partial charge on any atom is -0.469 e. The summed E-state index contributed by atoms with van der Waals surface area (Å²) in [5, 5.41) is 0. The van der Waals surface area contributed by atoms with E-state index in [-0.39, 0.29) is 11.7 Å². The maximum Gasteiger partial charge on any atom is 0.223 e. The van der Waals surface area contributed by atoms with Crippen LogP contribution in [0.2, 0.25) is 0 Å². The molecule has 1 saturated heterocycles. The third kappa shape index (κ3) is 4.12. The van der Waals surface area contributed by atoms with Gasteiger partial charge < -0.3 is 14.2 Å². The van der Waals surface area contributed by atoms with Crippen LogP contribution >= 0.6 is 0 Å². The number of furan rings is 1. The lowest BCUT2D eigenvalue weighted by Crippen LogP contribution is -2.35. The summed E-state index contributed by atoms with van der Waals surface area (Å²) >= 11 is 0. The average Bonchev–Trinajstić information content (AvgIpc) is 2.96. The van der Waals surface area contributed by atoms with E-state index in [1.54, 1.807) is 18.4 Å². The van der Waals surface area contributed by atoms with Gasteiger partial charge in [0, 0.05) is 44.7 Å². The van der Waals surface area contributed by atoms with Crippen LogP contribution in [0.3, 0.4) is 0 Å². The zero-order valence-corrected chi connectivity index (χ0v) is 13.1. The summed E-state index contributed by atoms with van der Waals surface area (Å²) in [5.41, 5.74) is 1.01. The Morgan fingerprint density at radius 3 is 2.65 bits per heavy atom. The fraction of sp³-hybridized carbons (Fsp3) is 0.389. The predicted molar refractivity (Wildman–Crippen MR) is 86.8 cm³/mol. The highest BCUT2D eigenvalue weighted by atomic mass is 19.1. The highest BCUT2D eigenvalue weighted by Gasteiger charge is 2.19. The molecule has 1 aromatic carbocycles. The Bertz CT molecular complexity index is 625. The number of nitrogens with zero attached hydrogens (tertiary/aromatic N) is 2. The van der Waals surface area contributed by atoms with Gasteiger partial charge in [0.2, 0.25) is 5.91 Å². The van der Waals surface area contributed by atoms with Crippen molar-refractivity contribution in [3.05, 3.63) is 54.2 Å². The first-order chi connectivity index (χ1) is 11.2. The van der Waals surface area contributed by atoms with E-state index in [0.717, 1.165) is 37.5 Å². The molecule has 0 bridgehead atoms. The number of hydrogen-bond acceptors (Lipinski definition) is 3. The molecule has 23 heavy (non-hydrogen) atoms. The maximum absolute atomic E-state index is 13.0. The van der Waals surface area contributed by atoms with Crippen molar-refractivity contribution in [2.24, 2.45) is 0 Å². The highest BCUT2D eigenvalue weighted by molar-refractivity contribution is 5.76. The summed E-state index contributed by atoms with van der Waals surface area (Å²) in [7, 11) is 0. The van der Waals surface area contributed by atoms with Crippen molar-refractivity contribution in [3.8, 4) is 0 Å². The van der Waals surface area contributed by atoms with Crippen molar-refractivity contribution in [1.29, 1.82) is 0 Å². The van der Waals surface area contributed by atoms with Gasteiger partial charge >= 0.3 is 0 Å². The molecule has 1 aliphatic heterocycles. The molecule has 4 nitrogen and oxygen atoms in total. The number of carbonyl (C=O) groups is 1. The Labute approximate surface area is 135 Å². The number of aryl methyl sites for hydroxylation is 1. The van der Waals surface area contributed by atoms with E-state index in [0.29, 0.717) is 19.4 Å². The van der Waals surface area contributed by atoms with E-state index in [1.165, 1.54) is 12.1 Å². The second-order valence-corrected chi connectivity index (χ2v) is 5.78. The molecule has 122 valence electrons. The van der Waals surface area contributed by atoms with Crippen LogP contribution in [0.25, 0.3) is 0 Å². The molecule has 0 N–H and O–H groups in total. The fourth-order valence-electron chi connectivity index (χ4n) is 2.92. The van der Waals surface area contributed by atoms with Gasteiger partial charge in [-0.2, -0.15) is 0 Å². The lowest BCUT2D eigenvalue weighted by molar-refractivity contribution is -0.131. The van der Waals surface area contributed by atoms with Gasteiger partial charge in [0.1, 0.15) is 11.6 Å². The summed E-state index contributed by atoms with van der Waals surface area (Å²) in [6.45, 7) is 3.13. The zero-order chi connectivity index (χ0) is 16.1. The smallest absolute Gasteiger partial charge is 0.223 e. The van der Waals surface area contributed by atoms with Crippen LogP contribution in [0.5, 0.6) is 0 Å². The summed E-state index contributed by atoms with van der Waals surface area (Å²) in [6.07, 6.45) is 3.67. The summed E-state index contributed by atoms with van der Waals surface area (Å²) in [5.74, 6) is 0.793. The molecular formula is C18H21FN2O2. The Kier molecular flexibility index (Phi) is 4.95. The van der Waals surface area contributed by atoms with E-state index >= 15 is 0 Å². The molecule has 1 aliphatic rings. The Morgan fingerprint density at radius 1 is 1.09 bits per heavy atom. The lowest BCUT2D eigenvalue weighted by atomic mass is 10.2. The summed E-state index contributed by atoms with van der Waals surface area (Å²) in [4.78, 5) is 16.5. The van der Waals surface area contributed by atoms with E-state index in [4.69, 9.17) is 4.42 Å². The molecule has 3 rings (SSSR count). The number of hydrogen-bond donors (Lipinski definition) is 0. The first-order valence-electron chi connectivity index (χ1n) is 8.03. The fourth-order valence-corrected chi connectivity index (χ4v) is 2.92. The van der Waals surface area contributed by atoms with E-state index in [1.807, 2.05) is 17.0 Å². The van der Waals surface area contributed by atoms with E-state index in [9.17, 15) is 9.18 Å². The van der Waals surface area contributed by atoms with Gasteiger partial charge in [-0.25, -0.2) is 4.39 Å². The van der Waals surface area contributed by atoms with Gasteiger partial charge in [-0.15, -0.1) is 0 Å². The standard InChI is InChI=1S/C18H21FN2O2/c19-15-4-6-16(7-5-15)20-10-2-11-21(13-12-20)18(22)9-8-17-3-1-14-23-17/h1,3-7,14H,2,8-13H2. The Morgan fingerprint density at radius 2 is 1.91 bits per heavy atom. The molecule has 0 saturated carbocycles. The van der Waals surface area contributed by atoms with Crippen molar-refractivity contribution in [2.45, 2.75) is 19.3 Å².